The molecule has 0 aromatic heterocycles. The lowest BCUT2D eigenvalue weighted by molar-refractivity contribution is 0.0692. The Morgan fingerprint density at radius 1 is 1.05 bits per heavy atom. The molecule has 5 heteroatoms. The van der Waals surface area contributed by atoms with E-state index in [1.165, 1.54) is 14.2 Å². The molecule has 0 aliphatic carbocycles. The molecule has 0 bridgehead atoms. The Labute approximate surface area is 121 Å². The van der Waals surface area contributed by atoms with E-state index >= 15 is 0 Å². The van der Waals surface area contributed by atoms with Crippen molar-refractivity contribution in [2.24, 2.45) is 0 Å². The van der Waals surface area contributed by atoms with Gasteiger partial charge in [-0.1, -0.05) is 23.7 Å². The second-order valence-electron chi connectivity index (χ2n) is 4.07. The van der Waals surface area contributed by atoms with Gasteiger partial charge in [0.15, 0.2) is 11.5 Å². The number of rotatable bonds is 4. The molecule has 0 aliphatic heterocycles. The first kappa shape index (κ1) is 14.2. The Hall–Kier alpha value is -2.20. The summed E-state index contributed by atoms with van der Waals surface area (Å²) in [5, 5.41) is 9.89. The maximum Gasteiger partial charge on any atom is 0.339 e. The minimum Gasteiger partial charge on any atom is -0.493 e. The number of aromatic carboxylic acids is 1. The van der Waals surface area contributed by atoms with Gasteiger partial charge in [0.25, 0.3) is 0 Å². The number of carbonyl (C=O) groups is 1. The van der Waals surface area contributed by atoms with Crippen LogP contribution < -0.4 is 9.47 Å². The lowest BCUT2D eigenvalue weighted by Gasteiger charge is -2.13. The predicted molar refractivity (Wildman–Crippen MR) is 77.0 cm³/mol. The van der Waals surface area contributed by atoms with Gasteiger partial charge in [0.05, 0.1) is 14.2 Å². The van der Waals surface area contributed by atoms with Crippen molar-refractivity contribution >= 4 is 17.6 Å². The summed E-state index contributed by atoms with van der Waals surface area (Å²) in [7, 11) is 2.88. The predicted octanol–water partition coefficient (Wildman–Crippen LogP) is 3.72. The second kappa shape index (κ2) is 5.84. The molecule has 0 saturated carbocycles. The van der Waals surface area contributed by atoms with E-state index in [-0.39, 0.29) is 11.3 Å². The van der Waals surface area contributed by atoms with Crippen LogP contribution in [0.25, 0.3) is 11.1 Å². The van der Waals surface area contributed by atoms with Gasteiger partial charge in [0.2, 0.25) is 0 Å². The van der Waals surface area contributed by atoms with Crippen molar-refractivity contribution in [3.8, 4) is 22.6 Å². The van der Waals surface area contributed by atoms with E-state index < -0.39 is 5.97 Å². The van der Waals surface area contributed by atoms with E-state index in [4.69, 9.17) is 21.1 Å². The molecule has 2 aromatic rings. The van der Waals surface area contributed by atoms with Crippen LogP contribution in [0.3, 0.4) is 0 Å². The first-order chi connectivity index (χ1) is 9.56. The normalized spacial score (nSPS) is 10.2. The summed E-state index contributed by atoms with van der Waals surface area (Å²) in [6, 6.07) is 10.4. The molecule has 20 heavy (non-hydrogen) atoms. The molecule has 0 saturated heterocycles. The van der Waals surface area contributed by atoms with E-state index in [1.54, 1.807) is 24.3 Å². The van der Waals surface area contributed by atoms with Crippen molar-refractivity contribution in [1.29, 1.82) is 0 Å². The molecule has 0 fully saturated rings. The van der Waals surface area contributed by atoms with Gasteiger partial charge in [-0.25, -0.2) is 4.79 Å². The van der Waals surface area contributed by atoms with Crippen molar-refractivity contribution < 1.29 is 19.4 Å². The second-order valence-corrected chi connectivity index (χ2v) is 4.51. The molecule has 104 valence electrons. The summed E-state index contributed by atoms with van der Waals surface area (Å²) in [5.74, 6) is -0.494. The van der Waals surface area contributed by atoms with Crippen molar-refractivity contribution in [3.63, 3.8) is 0 Å². The van der Waals surface area contributed by atoms with Crippen LogP contribution in [0.1, 0.15) is 10.4 Å². The zero-order valence-electron chi connectivity index (χ0n) is 11.0. The largest absolute Gasteiger partial charge is 0.493 e. The van der Waals surface area contributed by atoms with Crippen LogP contribution in [0.2, 0.25) is 5.02 Å². The first-order valence-corrected chi connectivity index (χ1v) is 6.20. The number of hydrogen-bond donors (Lipinski definition) is 1. The quantitative estimate of drug-likeness (QED) is 0.933. The average Bonchev–Trinajstić information content (AvgIpc) is 2.46. The monoisotopic (exact) mass is 292 g/mol. The van der Waals surface area contributed by atoms with E-state index in [9.17, 15) is 9.90 Å². The summed E-state index contributed by atoms with van der Waals surface area (Å²) in [6.07, 6.45) is 0. The van der Waals surface area contributed by atoms with Crippen molar-refractivity contribution in [2.75, 3.05) is 14.2 Å². The summed E-state index contributed by atoms with van der Waals surface area (Å²) in [5.41, 5.74) is 1.62. The highest BCUT2D eigenvalue weighted by atomic mass is 35.5. The Kier molecular flexibility index (Phi) is 4.15. The smallest absolute Gasteiger partial charge is 0.339 e. The standard InChI is InChI=1S/C15H13ClO4/c1-19-13-8-10(9-3-5-11(16)6-4-9)7-12(15(17)18)14(13)20-2/h3-8H,1-2H3,(H,17,18). The molecule has 0 aliphatic rings. The molecule has 0 atom stereocenters. The van der Waals surface area contributed by atoms with Gasteiger partial charge in [0.1, 0.15) is 5.56 Å². The molecule has 2 rings (SSSR count). The summed E-state index contributed by atoms with van der Waals surface area (Å²) >= 11 is 5.85. The molecule has 0 heterocycles. The fourth-order valence-corrected chi connectivity index (χ4v) is 2.06. The van der Waals surface area contributed by atoms with Crippen molar-refractivity contribution in [2.45, 2.75) is 0 Å². The van der Waals surface area contributed by atoms with E-state index in [0.29, 0.717) is 10.8 Å². The number of methoxy groups -OCH3 is 2. The molecule has 0 amide bonds. The van der Waals surface area contributed by atoms with Gasteiger partial charge >= 0.3 is 5.97 Å². The Morgan fingerprint density at radius 3 is 2.20 bits per heavy atom. The maximum absolute atomic E-state index is 11.3. The highest BCUT2D eigenvalue weighted by Gasteiger charge is 2.18. The molecule has 0 unspecified atom stereocenters. The Morgan fingerprint density at radius 2 is 1.70 bits per heavy atom. The SMILES string of the molecule is COc1cc(-c2ccc(Cl)cc2)cc(C(=O)O)c1OC. The molecular formula is C15H13ClO4. The molecule has 4 nitrogen and oxygen atoms in total. The zero-order chi connectivity index (χ0) is 14.7. The first-order valence-electron chi connectivity index (χ1n) is 5.82. The number of benzene rings is 2. The topological polar surface area (TPSA) is 55.8 Å². The van der Waals surface area contributed by atoms with Crippen molar-refractivity contribution in [1.82, 2.24) is 0 Å². The van der Waals surface area contributed by atoms with Crippen molar-refractivity contribution in [3.05, 3.63) is 47.0 Å². The van der Waals surface area contributed by atoms with Gasteiger partial charge in [-0.2, -0.15) is 0 Å². The molecule has 1 N–H and O–H groups in total. The van der Waals surface area contributed by atoms with Gasteiger partial charge in [0, 0.05) is 5.02 Å². The lowest BCUT2D eigenvalue weighted by Crippen LogP contribution is -2.03. The number of carboxylic acids is 1. The van der Waals surface area contributed by atoms with Crippen LogP contribution in [0.5, 0.6) is 11.5 Å². The van der Waals surface area contributed by atoms with E-state index in [0.717, 1.165) is 11.1 Å². The third-order valence-electron chi connectivity index (χ3n) is 2.89. The van der Waals surface area contributed by atoms with E-state index in [2.05, 4.69) is 0 Å². The number of halogens is 1. The highest BCUT2D eigenvalue weighted by molar-refractivity contribution is 6.30. The average molecular weight is 293 g/mol. The van der Waals surface area contributed by atoms with Crippen LogP contribution in [0, 0.1) is 0 Å². The molecule has 0 spiro atoms. The van der Waals surface area contributed by atoms with Crippen LogP contribution in [-0.4, -0.2) is 25.3 Å². The van der Waals surface area contributed by atoms with Gasteiger partial charge in [-0.05, 0) is 35.4 Å². The number of hydrogen-bond acceptors (Lipinski definition) is 3. The van der Waals surface area contributed by atoms with Crippen LogP contribution in [-0.2, 0) is 0 Å². The molecular weight excluding hydrogens is 280 g/mol. The zero-order valence-corrected chi connectivity index (χ0v) is 11.8. The van der Waals surface area contributed by atoms with E-state index in [1.807, 2.05) is 12.1 Å². The summed E-state index contributed by atoms with van der Waals surface area (Å²) < 4.78 is 10.3. The Balaban J connectivity index is 2.63. The lowest BCUT2D eigenvalue weighted by atomic mass is 10.0. The van der Waals surface area contributed by atoms with Crippen LogP contribution in [0.15, 0.2) is 36.4 Å². The molecule has 2 aromatic carbocycles. The summed E-state index contributed by atoms with van der Waals surface area (Å²) in [4.78, 5) is 11.3. The van der Waals surface area contributed by atoms with Gasteiger partial charge < -0.3 is 14.6 Å². The van der Waals surface area contributed by atoms with Gasteiger partial charge in [-0.3, -0.25) is 0 Å². The van der Waals surface area contributed by atoms with Gasteiger partial charge in [-0.15, -0.1) is 0 Å². The minimum atomic E-state index is -1.07. The fraction of sp³-hybridized carbons (Fsp3) is 0.133. The third kappa shape index (κ3) is 2.70. The van der Waals surface area contributed by atoms with Crippen LogP contribution in [0.4, 0.5) is 0 Å². The highest BCUT2D eigenvalue weighted by Crippen LogP contribution is 2.36. The summed E-state index contributed by atoms with van der Waals surface area (Å²) in [6.45, 7) is 0. The molecule has 0 radical (unpaired) electrons. The minimum absolute atomic E-state index is 0.0526. The maximum atomic E-state index is 11.3. The third-order valence-corrected chi connectivity index (χ3v) is 3.14. The van der Waals surface area contributed by atoms with Crippen LogP contribution >= 0.6 is 11.6 Å². The number of ether oxygens (including phenoxy) is 2. The fourth-order valence-electron chi connectivity index (χ4n) is 1.93. The Bertz CT molecular complexity index is 635. The number of carboxylic acid groups (broad SMARTS) is 1.